The molecule has 0 radical (unpaired) electrons. The Morgan fingerprint density at radius 1 is 1.48 bits per heavy atom. The monoisotopic (exact) mass is 307 g/mol. The zero-order chi connectivity index (χ0) is 15.2. The second-order valence-electron chi connectivity index (χ2n) is 4.74. The van der Waals surface area contributed by atoms with Gasteiger partial charge >= 0.3 is 0 Å². The van der Waals surface area contributed by atoms with E-state index in [-0.39, 0.29) is 5.91 Å². The van der Waals surface area contributed by atoms with E-state index in [2.05, 4.69) is 27.4 Å². The lowest BCUT2D eigenvalue weighted by molar-refractivity contribution is 0.0785. The Morgan fingerprint density at radius 2 is 2.29 bits per heavy atom. The number of hydrogen-bond acceptors (Lipinski definition) is 4. The molecule has 21 heavy (non-hydrogen) atoms. The fourth-order valence-corrected chi connectivity index (χ4v) is 2.05. The molecule has 6 nitrogen and oxygen atoms in total. The molecule has 2 aromatic heterocycles. The molecular weight excluding hydrogens is 290 g/mol. The third kappa shape index (κ3) is 3.95. The minimum atomic E-state index is -0.150. The van der Waals surface area contributed by atoms with Crippen LogP contribution in [0.25, 0.3) is 0 Å². The average Bonchev–Trinajstić information content (AvgIpc) is 2.98. The molecule has 0 unspecified atom stereocenters. The van der Waals surface area contributed by atoms with Crippen LogP contribution in [0.5, 0.6) is 0 Å². The lowest BCUT2D eigenvalue weighted by atomic mass is 10.2. The van der Waals surface area contributed by atoms with Gasteiger partial charge in [0.25, 0.3) is 5.91 Å². The molecule has 2 heterocycles. The van der Waals surface area contributed by atoms with E-state index >= 15 is 0 Å². The summed E-state index contributed by atoms with van der Waals surface area (Å²) in [5, 5.41) is 10.1. The summed E-state index contributed by atoms with van der Waals surface area (Å²) in [5.41, 5.74) is 1.37. The summed E-state index contributed by atoms with van der Waals surface area (Å²) in [6.07, 6.45) is 5.92. The van der Waals surface area contributed by atoms with Gasteiger partial charge in [0, 0.05) is 38.1 Å². The van der Waals surface area contributed by atoms with Crippen molar-refractivity contribution in [2.75, 3.05) is 18.9 Å². The van der Waals surface area contributed by atoms with Gasteiger partial charge in [-0.3, -0.25) is 9.89 Å². The topological polar surface area (TPSA) is 73.9 Å². The fourth-order valence-electron chi connectivity index (χ4n) is 1.87. The molecule has 1 amide bonds. The van der Waals surface area contributed by atoms with Crippen molar-refractivity contribution in [1.29, 1.82) is 0 Å². The number of halogens is 1. The Kier molecular flexibility index (Phi) is 5.16. The fraction of sp³-hybridized carbons (Fsp3) is 0.357. The van der Waals surface area contributed by atoms with Crippen molar-refractivity contribution < 1.29 is 4.79 Å². The van der Waals surface area contributed by atoms with Gasteiger partial charge in [-0.15, -0.1) is 0 Å². The highest BCUT2D eigenvalue weighted by Gasteiger charge is 2.17. The van der Waals surface area contributed by atoms with E-state index in [1.54, 1.807) is 30.4 Å². The van der Waals surface area contributed by atoms with E-state index in [4.69, 9.17) is 11.6 Å². The average molecular weight is 308 g/mol. The highest BCUT2D eigenvalue weighted by Crippen LogP contribution is 2.20. The van der Waals surface area contributed by atoms with E-state index in [0.717, 1.165) is 18.5 Å². The first-order valence-electron chi connectivity index (χ1n) is 6.74. The summed E-state index contributed by atoms with van der Waals surface area (Å²) in [7, 11) is 1.73. The van der Waals surface area contributed by atoms with E-state index in [0.29, 0.717) is 22.9 Å². The molecular formula is C14H18ClN5O. The number of pyridine rings is 1. The van der Waals surface area contributed by atoms with Gasteiger partial charge < -0.3 is 10.2 Å². The minimum Gasteiger partial charge on any atom is -0.370 e. The molecule has 2 N–H and O–H groups in total. The number of aromatic nitrogens is 3. The molecule has 0 spiro atoms. The summed E-state index contributed by atoms with van der Waals surface area (Å²) in [6.45, 7) is 3.33. The lowest BCUT2D eigenvalue weighted by Crippen LogP contribution is -2.26. The smallest absolute Gasteiger partial charge is 0.255 e. The van der Waals surface area contributed by atoms with Crippen LogP contribution in [0.1, 0.15) is 29.3 Å². The Labute approximate surface area is 128 Å². The number of H-pyrrole nitrogens is 1. The van der Waals surface area contributed by atoms with Crippen molar-refractivity contribution in [3.05, 3.63) is 40.8 Å². The summed E-state index contributed by atoms with van der Waals surface area (Å²) >= 11 is 6.09. The summed E-state index contributed by atoms with van der Waals surface area (Å²) in [6, 6.07) is 1.69. The molecule has 0 aliphatic carbocycles. The second kappa shape index (κ2) is 7.08. The molecule has 0 aliphatic heterocycles. The molecule has 2 rings (SSSR count). The van der Waals surface area contributed by atoms with Crippen LogP contribution in [0.15, 0.2) is 24.7 Å². The Hall–Kier alpha value is -2.08. The molecule has 0 saturated carbocycles. The van der Waals surface area contributed by atoms with Crippen LogP contribution in [0.4, 0.5) is 5.82 Å². The number of carbonyl (C=O) groups excluding carboxylic acids is 1. The van der Waals surface area contributed by atoms with Gasteiger partial charge in [0.2, 0.25) is 0 Å². The second-order valence-corrected chi connectivity index (χ2v) is 5.15. The Bertz CT molecular complexity index is 599. The maximum Gasteiger partial charge on any atom is 0.255 e. The number of nitrogens with zero attached hydrogens (tertiary/aromatic N) is 3. The van der Waals surface area contributed by atoms with Gasteiger partial charge in [0.1, 0.15) is 5.82 Å². The van der Waals surface area contributed by atoms with Crippen molar-refractivity contribution in [2.24, 2.45) is 0 Å². The zero-order valence-electron chi connectivity index (χ0n) is 12.1. The van der Waals surface area contributed by atoms with Crippen molar-refractivity contribution in [3.8, 4) is 0 Å². The van der Waals surface area contributed by atoms with Gasteiger partial charge in [-0.25, -0.2) is 4.98 Å². The van der Waals surface area contributed by atoms with Crippen molar-refractivity contribution >= 4 is 23.3 Å². The SMILES string of the molecule is CCCNc1cc(C(=O)N(C)Cc2cn[nH]c2)c(Cl)cn1. The third-order valence-electron chi connectivity index (χ3n) is 2.96. The number of aromatic amines is 1. The zero-order valence-corrected chi connectivity index (χ0v) is 12.8. The summed E-state index contributed by atoms with van der Waals surface area (Å²) in [4.78, 5) is 18.2. The normalized spacial score (nSPS) is 10.4. The summed E-state index contributed by atoms with van der Waals surface area (Å²) < 4.78 is 0. The molecule has 0 saturated heterocycles. The Balaban J connectivity index is 2.13. The van der Waals surface area contributed by atoms with Crippen molar-refractivity contribution in [3.63, 3.8) is 0 Å². The Morgan fingerprint density at radius 3 is 2.95 bits per heavy atom. The molecule has 2 aromatic rings. The third-order valence-corrected chi connectivity index (χ3v) is 3.26. The summed E-state index contributed by atoms with van der Waals surface area (Å²) in [5.74, 6) is 0.504. The van der Waals surface area contributed by atoms with Crippen LogP contribution < -0.4 is 5.32 Å². The predicted molar refractivity (Wildman–Crippen MR) is 82.4 cm³/mol. The minimum absolute atomic E-state index is 0.150. The quantitative estimate of drug-likeness (QED) is 0.860. The van der Waals surface area contributed by atoms with E-state index in [9.17, 15) is 4.79 Å². The number of anilines is 1. The molecule has 0 atom stereocenters. The first-order valence-corrected chi connectivity index (χ1v) is 7.12. The van der Waals surface area contributed by atoms with Gasteiger partial charge in [-0.2, -0.15) is 5.10 Å². The van der Waals surface area contributed by atoms with Crippen LogP contribution in [-0.4, -0.2) is 39.6 Å². The first-order chi connectivity index (χ1) is 10.1. The predicted octanol–water partition coefficient (Wildman–Crippen LogP) is 2.55. The van der Waals surface area contributed by atoms with Crippen LogP contribution in [0, 0.1) is 0 Å². The van der Waals surface area contributed by atoms with E-state index in [1.165, 1.54) is 6.20 Å². The standard InChI is InChI=1S/C14H18ClN5O/c1-3-4-16-13-5-11(12(15)8-17-13)14(21)20(2)9-10-6-18-19-7-10/h5-8H,3-4,9H2,1-2H3,(H,16,17)(H,18,19). The van der Waals surface area contributed by atoms with Crippen LogP contribution in [0.3, 0.4) is 0 Å². The van der Waals surface area contributed by atoms with Crippen molar-refractivity contribution in [2.45, 2.75) is 19.9 Å². The molecule has 0 aromatic carbocycles. The van der Waals surface area contributed by atoms with Gasteiger partial charge in [-0.1, -0.05) is 18.5 Å². The molecule has 0 fully saturated rings. The maximum absolute atomic E-state index is 12.5. The molecule has 7 heteroatoms. The number of nitrogens with one attached hydrogen (secondary N) is 2. The lowest BCUT2D eigenvalue weighted by Gasteiger charge is -2.17. The largest absolute Gasteiger partial charge is 0.370 e. The molecule has 0 aliphatic rings. The van der Waals surface area contributed by atoms with Crippen LogP contribution in [0.2, 0.25) is 5.02 Å². The number of carbonyl (C=O) groups is 1. The molecule has 112 valence electrons. The molecule has 0 bridgehead atoms. The highest BCUT2D eigenvalue weighted by molar-refractivity contribution is 6.33. The van der Waals surface area contributed by atoms with Crippen LogP contribution >= 0.6 is 11.6 Å². The van der Waals surface area contributed by atoms with Crippen molar-refractivity contribution in [1.82, 2.24) is 20.1 Å². The highest BCUT2D eigenvalue weighted by atomic mass is 35.5. The number of rotatable bonds is 6. The maximum atomic E-state index is 12.5. The van der Waals surface area contributed by atoms with Crippen LogP contribution in [-0.2, 0) is 6.54 Å². The van der Waals surface area contributed by atoms with E-state index < -0.39 is 0 Å². The van der Waals surface area contributed by atoms with Gasteiger partial charge in [0.15, 0.2) is 0 Å². The van der Waals surface area contributed by atoms with E-state index in [1.807, 2.05) is 0 Å². The van der Waals surface area contributed by atoms with Gasteiger partial charge in [0.05, 0.1) is 16.8 Å². The van der Waals surface area contributed by atoms with Gasteiger partial charge in [-0.05, 0) is 12.5 Å². The first kappa shape index (κ1) is 15.3. The number of amides is 1. The number of hydrogen-bond donors (Lipinski definition) is 2.